The second-order valence-electron chi connectivity index (χ2n) is 14.2. The topological polar surface area (TPSA) is 160 Å². The number of piperidine rings is 1. The second kappa shape index (κ2) is 18.5. The van der Waals surface area contributed by atoms with Gasteiger partial charge in [-0.05, 0) is 87.1 Å². The third-order valence-corrected chi connectivity index (χ3v) is 10.3. The number of benzene rings is 3. The molecule has 0 radical (unpaired) electrons. The summed E-state index contributed by atoms with van der Waals surface area (Å²) in [5.74, 6) is -0.471. The molecule has 1 atom stereocenters. The normalized spacial score (nSPS) is 17.7. The highest BCUT2D eigenvalue weighted by molar-refractivity contribution is 7.81. The SMILES string of the molecule is CC1(C)C(=O)N(c2ccc(C#N)c(C(F)(F)F)c2)C(=S)N1c1ccc(OCCCOCCOCCOCCOc2cccc3c2CN(C2CCC(=O)NC2=O)C3=O)cc1. The van der Waals surface area contributed by atoms with Crippen LogP contribution in [0.3, 0.4) is 0 Å². The van der Waals surface area contributed by atoms with Gasteiger partial charge in [-0.2, -0.15) is 18.4 Å². The van der Waals surface area contributed by atoms with Gasteiger partial charge in [-0.25, -0.2) is 0 Å². The lowest BCUT2D eigenvalue weighted by atomic mass is 10.0. The number of anilines is 2. The predicted molar refractivity (Wildman–Crippen MR) is 210 cm³/mol. The van der Waals surface area contributed by atoms with Gasteiger partial charge in [0, 0.05) is 36.3 Å². The number of fused-ring (bicyclic) bond motifs is 1. The lowest BCUT2D eigenvalue weighted by molar-refractivity contribution is -0.138. The van der Waals surface area contributed by atoms with Crippen molar-refractivity contribution < 1.29 is 56.0 Å². The van der Waals surface area contributed by atoms with Gasteiger partial charge in [-0.1, -0.05) is 6.07 Å². The van der Waals surface area contributed by atoms with Crippen molar-refractivity contribution in [2.75, 3.05) is 62.7 Å². The molecular weight excluding hydrogens is 796 g/mol. The van der Waals surface area contributed by atoms with E-state index in [4.69, 9.17) is 41.2 Å². The zero-order valence-electron chi connectivity index (χ0n) is 32.3. The Bertz CT molecular complexity index is 2130. The maximum atomic E-state index is 13.6. The molecule has 6 rings (SSSR count). The van der Waals surface area contributed by atoms with E-state index >= 15 is 0 Å². The van der Waals surface area contributed by atoms with Crippen LogP contribution in [0.1, 0.15) is 60.2 Å². The monoisotopic (exact) mass is 837 g/mol. The Labute approximate surface area is 343 Å². The number of imide groups is 1. The van der Waals surface area contributed by atoms with Crippen molar-refractivity contribution in [1.82, 2.24) is 10.2 Å². The number of nitrogens with one attached hydrogen (secondary N) is 1. The highest BCUT2D eigenvalue weighted by Gasteiger charge is 2.51. The van der Waals surface area contributed by atoms with Crippen LogP contribution in [0.25, 0.3) is 0 Å². The number of nitrogens with zero attached hydrogens (tertiary/aromatic N) is 4. The molecule has 1 N–H and O–H groups in total. The number of alkyl halides is 3. The minimum Gasteiger partial charge on any atom is -0.494 e. The second-order valence-corrected chi connectivity index (χ2v) is 14.6. The number of carbonyl (C=O) groups excluding carboxylic acids is 4. The van der Waals surface area contributed by atoms with Crippen molar-refractivity contribution in [2.24, 2.45) is 0 Å². The zero-order valence-corrected chi connectivity index (χ0v) is 33.2. The average Bonchev–Trinajstić information content (AvgIpc) is 3.62. The van der Waals surface area contributed by atoms with E-state index < -0.39 is 40.7 Å². The van der Waals surface area contributed by atoms with Gasteiger partial charge >= 0.3 is 6.18 Å². The van der Waals surface area contributed by atoms with E-state index in [0.717, 1.165) is 17.0 Å². The predicted octanol–water partition coefficient (Wildman–Crippen LogP) is 5.15. The molecule has 59 heavy (non-hydrogen) atoms. The summed E-state index contributed by atoms with van der Waals surface area (Å²) in [6.45, 7) is 6.30. The summed E-state index contributed by atoms with van der Waals surface area (Å²) in [6, 6.07) is 15.9. The van der Waals surface area contributed by atoms with Crippen molar-refractivity contribution in [3.63, 3.8) is 0 Å². The Kier molecular flexibility index (Phi) is 13.5. The van der Waals surface area contributed by atoms with E-state index in [0.29, 0.717) is 81.0 Å². The molecule has 0 spiro atoms. The number of rotatable bonds is 18. The number of thiocarbonyl (C=S) groups is 1. The molecule has 18 heteroatoms. The molecule has 0 bridgehead atoms. The van der Waals surface area contributed by atoms with Gasteiger partial charge < -0.3 is 33.5 Å². The molecular formula is C41H42F3N5O9S. The van der Waals surface area contributed by atoms with Crippen LogP contribution < -0.4 is 24.6 Å². The zero-order chi connectivity index (χ0) is 42.3. The van der Waals surface area contributed by atoms with Crippen LogP contribution >= 0.6 is 12.2 Å². The molecule has 3 aliphatic rings. The maximum Gasteiger partial charge on any atom is 0.417 e. The van der Waals surface area contributed by atoms with Crippen molar-refractivity contribution in [2.45, 2.75) is 57.4 Å². The Morgan fingerprint density at radius 2 is 1.53 bits per heavy atom. The number of hydrogen-bond donors (Lipinski definition) is 1. The summed E-state index contributed by atoms with van der Waals surface area (Å²) in [7, 11) is 0. The number of nitriles is 1. The first kappa shape index (κ1) is 43.0. The van der Waals surface area contributed by atoms with E-state index in [2.05, 4.69) is 5.32 Å². The van der Waals surface area contributed by atoms with E-state index in [9.17, 15) is 32.3 Å². The largest absolute Gasteiger partial charge is 0.494 e. The average molecular weight is 838 g/mol. The third kappa shape index (κ3) is 9.65. The molecule has 4 amide bonds. The van der Waals surface area contributed by atoms with Crippen LogP contribution in [0, 0.1) is 11.3 Å². The molecule has 3 heterocycles. The Balaban J connectivity index is 0.833. The lowest BCUT2D eigenvalue weighted by Crippen LogP contribution is -2.52. The van der Waals surface area contributed by atoms with Crippen molar-refractivity contribution in [3.8, 4) is 17.6 Å². The highest BCUT2D eigenvalue weighted by atomic mass is 32.1. The third-order valence-electron chi connectivity index (χ3n) is 9.92. The number of carbonyl (C=O) groups is 4. The molecule has 0 aromatic heterocycles. The van der Waals surface area contributed by atoms with E-state index in [1.165, 1.54) is 11.0 Å². The number of ether oxygens (including phenoxy) is 5. The lowest BCUT2D eigenvalue weighted by Gasteiger charge is -2.29. The van der Waals surface area contributed by atoms with Crippen LogP contribution in [0.15, 0.2) is 60.7 Å². The quantitative estimate of drug-likeness (QED) is 0.102. The Morgan fingerprint density at radius 1 is 0.864 bits per heavy atom. The molecule has 14 nitrogen and oxygen atoms in total. The van der Waals surface area contributed by atoms with Crippen molar-refractivity contribution in [1.29, 1.82) is 5.26 Å². The van der Waals surface area contributed by atoms with Crippen LogP contribution in [0.5, 0.6) is 11.5 Å². The van der Waals surface area contributed by atoms with Crippen molar-refractivity contribution in [3.05, 3.63) is 82.9 Å². The first-order chi connectivity index (χ1) is 28.2. The summed E-state index contributed by atoms with van der Waals surface area (Å²) >= 11 is 5.60. The smallest absolute Gasteiger partial charge is 0.417 e. The van der Waals surface area contributed by atoms with E-state index in [1.807, 2.05) is 0 Å². The van der Waals surface area contributed by atoms with Gasteiger partial charge in [0.25, 0.3) is 11.8 Å². The molecule has 1 unspecified atom stereocenters. The molecule has 2 fully saturated rings. The van der Waals surface area contributed by atoms with Gasteiger partial charge in [-0.15, -0.1) is 0 Å². The summed E-state index contributed by atoms with van der Waals surface area (Å²) in [6.07, 6.45) is -3.71. The highest BCUT2D eigenvalue weighted by Crippen LogP contribution is 2.40. The fourth-order valence-electron chi connectivity index (χ4n) is 6.95. The first-order valence-corrected chi connectivity index (χ1v) is 19.3. The minimum absolute atomic E-state index is 0.000573. The van der Waals surface area contributed by atoms with Crippen LogP contribution in [0.2, 0.25) is 0 Å². The van der Waals surface area contributed by atoms with Gasteiger partial charge in [0.1, 0.15) is 29.7 Å². The molecule has 0 saturated carbocycles. The number of hydrogen-bond acceptors (Lipinski definition) is 11. The molecule has 0 aliphatic carbocycles. The van der Waals surface area contributed by atoms with Gasteiger partial charge in [0.15, 0.2) is 5.11 Å². The summed E-state index contributed by atoms with van der Waals surface area (Å²) < 4.78 is 69.4. The fraction of sp³-hybridized carbons (Fsp3) is 0.415. The summed E-state index contributed by atoms with van der Waals surface area (Å²) in [4.78, 5) is 54.4. The number of amides is 4. The fourth-order valence-corrected chi connectivity index (χ4v) is 7.47. The van der Waals surface area contributed by atoms with Gasteiger partial charge in [-0.3, -0.25) is 29.4 Å². The Hall–Kier alpha value is -5.61. The van der Waals surface area contributed by atoms with E-state index in [1.54, 1.807) is 67.3 Å². The molecule has 2 saturated heterocycles. The molecule has 3 aromatic carbocycles. The summed E-state index contributed by atoms with van der Waals surface area (Å²) in [5.41, 5.74) is -1.27. The number of halogens is 3. The standard InChI is InChI=1S/C41H42F3N5O9S/c1-40(2)38(53)48(28-8-7-26(24-45)32(23-28)41(42,43)44)39(59)49(40)27-9-11-29(12-10-27)57-16-4-15-54-17-18-55-19-20-56-21-22-58-34-6-3-5-30-31(34)25-47(37(30)52)33-13-14-35(50)46-36(33)51/h3,5-12,23,33H,4,13-22,25H2,1-2H3,(H,46,50,51). The van der Waals surface area contributed by atoms with E-state index in [-0.39, 0.29) is 48.6 Å². The minimum atomic E-state index is -4.79. The van der Waals surface area contributed by atoms with Crippen LogP contribution in [0.4, 0.5) is 24.5 Å². The maximum absolute atomic E-state index is 13.6. The van der Waals surface area contributed by atoms with Gasteiger partial charge in [0.05, 0.1) is 69.1 Å². The van der Waals surface area contributed by atoms with Gasteiger partial charge in [0.2, 0.25) is 11.8 Å². The Morgan fingerprint density at radius 3 is 2.19 bits per heavy atom. The molecule has 3 aromatic rings. The molecule has 312 valence electrons. The first-order valence-electron chi connectivity index (χ1n) is 18.9. The van der Waals surface area contributed by atoms with Crippen LogP contribution in [-0.2, 0) is 41.3 Å². The van der Waals surface area contributed by atoms with Crippen molar-refractivity contribution >= 4 is 52.3 Å². The summed E-state index contributed by atoms with van der Waals surface area (Å²) in [5, 5.41) is 11.5. The molecule has 3 aliphatic heterocycles. The van der Waals surface area contributed by atoms with Crippen LogP contribution in [-0.4, -0.2) is 98.1 Å².